The van der Waals surface area contributed by atoms with Gasteiger partial charge >= 0.3 is 5.97 Å². The molecule has 0 radical (unpaired) electrons. The Hall–Kier alpha value is -0.570. The number of rotatable bonds is 3. The van der Waals surface area contributed by atoms with E-state index in [1.165, 1.54) is 6.42 Å². The Labute approximate surface area is 85.5 Å². The molecular formula is C11H20O3. The van der Waals surface area contributed by atoms with Crippen LogP contribution in [0.5, 0.6) is 0 Å². The van der Waals surface area contributed by atoms with Crippen LogP contribution in [0.2, 0.25) is 0 Å². The molecule has 0 saturated heterocycles. The minimum atomic E-state index is -0.787. The topological polar surface area (TPSA) is 46.5 Å². The van der Waals surface area contributed by atoms with E-state index in [2.05, 4.69) is 0 Å². The number of carbonyl (C=O) groups is 1. The number of aliphatic hydroxyl groups is 1. The summed E-state index contributed by atoms with van der Waals surface area (Å²) in [4.78, 5) is 11.3. The molecule has 0 heterocycles. The Morgan fingerprint density at radius 1 is 1.36 bits per heavy atom. The van der Waals surface area contributed by atoms with Crippen molar-refractivity contribution < 1.29 is 14.6 Å². The molecule has 1 rings (SSSR count). The molecule has 0 atom stereocenters. The van der Waals surface area contributed by atoms with Gasteiger partial charge in [-0.05, 0) is 26.7 Å². The van der Waals surface area contributed by atoms with E-state index in [4.69, 9.17) is 4.74 Å². The van der Waals surface area contributed by atoms with Gasteiger partial charge in [-0.2, -0.15) is 0 Å². The lowest BCUT2D eigenvalue weighted by molar-refractivity contribution is -0.154. The average Bonchev–Trinajstić information content (AvgIpc) is 2.02. The fourth-order valence-electron chi connectivity index (χ4n) is 1.96. The van der Waals surface area contributed by atoms with Gasteiger partial charge in [0.2, 0.25) is 0 Å². The molecule has 0 spiro atoms. The normalized spacial score (nSPS) is 20.9. The molecule has 1 aliphatic rings. The molecule has 3 heteroatoms. The summed E-state index contributed by atoms with van der Waals surface area (Å²) in [6, 6.07) is 0. The highest BCUT2D eigenvalue weighted by atomic mass is 16.5. The van der Waals surface area contributed by atoms with Crippen LogP contribution in [0.15, 0.2) is 0 Å². The third-order valence-electron chi connectivity index (χ3n) is 2.62. The van der Waals surface area contributed by atoms with Crippen LogP contribution in [0.1, 0.15) is 52.4 Å². The van der Waals surface area contributed by atoms with Gasteiger partial charge in [0.1, 0.15) is 0 Å². The van der Waals surface area contributed by atoms with Crippen LogP contribution in [0.4, 0.5) is 0 Å². The smallest absolute Gasteiger partial charge is 0.308 e. The van der Waals surface area contributed by atoms with Crippen molar-refractivity contribution in [2.24, 2.45) is 0 Å². The molecule has 0 aromatic heterocycles. The van der Waals surface area contributed by atoms with Gasteiger partial charge in [0.15, 0.2) is 0 Å². The summed E-state index contributed by atoms with van der Waals surface area (Å²) in [6.07, 6.45) is 4.75. The monoisotopic (exact) mass is 200 g/mol. The summed E-state index contributed by atoms with van der Waals surface area (Å²) in [5, 5.41) is 10.1. The molecule has 82 valence electrons. The molecule has 0 bridgehead atoms. The maximum atomic E-state index is 11.3. The van der Waals surface area contributed by atoms with E-state index in [0.717, 1.165) is 25.7 Å². The fourth-order valence-corrected chi connectivity index (χ4v) is 1.96. The first-order valence-corrected chi connectivity index (χ1v) is 5.44. The maximum Gasteiger partial charge on any atom is 0.308 e. The first-order chi connectivity index (χ1) is 6.52. The van der Waals surface area contributed by atoms with Crippen LogP contribution in [-0.2, 0) is 9.53 Å². The van der Waals surface area contributed by atoms with E-state index < -0.39 is 5.60 Å². The van der Waals surface area contributed by atoms with E-state index in [1.54, 1.807) is 0 Å². The number of ether oxygens (including phenoxy) is 1. The average molecular weight is 200 g/mol. The van der Waals surface area contributed by atoms with E-state index in [1.807, 2.05) is 13.8 Å². The molecule has 1 fully saturated rings. The van der Waals surface area contributed by atoms with Crippen molar-refractivity contribution >= 4 is 5.97 Å². The lowest BCUT2D eigenvalue weighted by atomic mass is 9.82. The molecule has 14 heavy (non-hydrogen) atoms. The van der Waals surface area contributed by atoms with Gasteiger partial charge in [0.05, 0.1) is 18.1 Å². The molecule has 0 amide bonds. The summed E-state index contributed by atoms with van der Waals surface area (Å²) in [7, 11) is 0. The van der Waals surface area contributed by atoms with Gasteiger partial charge in [-0.25, -0.2) is 0 Å². The van der Waals surface area contributed by atoms with Crippen LogP contribution in [0.25, 0.3) is 0 Å². The third-order valence-corrected chi connectivity index (χ3v) is 2.62. The molecule has 1 N–H and O–H groups in total. The Bertz CT molecular complexity index is 193. The van der Waals surface area contributed by atoms with Crippen molar-refractivity contribution in [3.05, 3.63) is 0 Å². The van der Waals surface area contributed by atoms with Crippen molar-refractivity contribution in [2.45, 2.75) is 64.1 Å². The van der Waals surface area contributed by atoms with Gasteiger partial charge in [-0.1, -0.05) is 19.3 Å². The lowest BCUT2D eigenvalue weighted by Crippen LogP contribution is -2.35. The number of hydrogen-bond acceptors (Lipinski definition) is 3. The second kappa shape index (κ2) is 4.78. The molecule has 0 aliphatic heterocycles. The first-order valence-electron chi connectivity index (χ1n) is 5.44. The van der Waals surface area contributed by atoms with E-state index in [-0.39, 0.29) is 18.5 Å². The van der Waals surface area contributed by atoms with Crippen LogP contribution in [-0.4, -0.2) is 22.8 Å². The van der Waals surface area contributed by atoms with Crippen molar-refractivity contribution in [2.75, 3.05) is 0 Å². The van der Waals surface area contributed by atoms with Crippen LogP contribution in [0, 0.1) is 0 Å². The zero-order valence-electron chi connectivity index (χ0n) is 9.08. The highest BCUT2D eigenvalue weighted by Gasteiger charge is 2.32. The van der Waals surface area contributed by atoms with Crippen LogP contribution >= 0.6 is 0 Å². The molecule has 3 nitrogen and oxygen atoms in total. The summed E-state index contributed by atoms with van der Waals surface area (Å²) in [6.45, 7) is 3.64. The van der Waals surface area contributed by atoms with E-state index in [0.29, 0.717) is 0 Å². The Morgan fingerprint density at radius 3 is 2.43 bits per heavy atom. The minimum Gasteiger partial charge on any atom is -0.463 e. The third kappa shape index (κ3) is 3.66. The zero-order chi connectivity index (χ0) is 10.6. The lowest BCUT2D eigenvalue weighted by Gasteiger charge is -2.31. The Kier molecular flexibility index (Phi) is 3.93. The maximum absolute atomic E-state index is 11.3. The van der Waals surface area contributed by atoms with Crippen LogP contribution < -0.4 is 0 Å². The van der Waals surface area contributed by atoms with Gasteiger partial charge in [-0.3, -0.25) is 4.79 Å². The highest BCUT2D eigenvalue weighted by molar-refractivity contribution is 5.70. The van der Waals surface area contributed by atoms with Gasteiger partial charge in [0.25, 0.3) is 0 Å². The van der Waals surface area contributed by atoms with Crippen molar-refractivity contribution in [1.29, 1.82) is 0 Å². The Balaban J connectivity index is 2.37. The highest BCUT2D eigenvalue weighted by Crippen LogP contribution is 2.31. The number of hydrogen-bond donors (Lipinski definition) is 1. The largest absolute Gasteiger partial charge is 0.463 e. The number of esters is 1. The number of carbonyl (C=O) groups excluding carboxylic acids is 1. The van der Waals surface area contributed by atoms with E-state index >= 15 is 0 Å². The molecule has 1 aliphatic carbocycles. The van der Waals surface area contributed by atoms with Gasteiger partial charge in [-0.15, -0.1) is 0 Å². The summed E-state index contributed by atoms with van der Waals surface area (Å²) in [5.41, 5.74) is -0.787. The van der Waals surface area contributed by atoms with Gasteiger partial charge < -0.3 is 9.84 Å². The predicted molar refractivity (Wildman–Crippen MR) is 53.9 cm³/mol. The second-order valence-electron chi connectivity index (χ2n) is 4.50. The van der Waals surface area contributed by atoms with Crippen molar-refractivity contribution in [3.8, 4) is 0 Å². The molecule has 0 unspecified atom stereocenters. The summed E-state index contributed by atoms with van der Waals surface area (Å²) >= 11 is 0. The quantitative estimate of drug-likeness (QED) is 0.709. The Morgan fingerprint density at radius 2 is 1.93 bits per heavy atom. The fraction of sp³-hybridized carbons (Fsp3) is 0.909. The zero-order valence-corrected chi connectivity index (χ0v) is 9.08. The summed E-state index contributed by atoms with van der Waals surface area (Å²) in [5.74, 6) is -0.274. The SMILES string of the molecule is CC(C)OC(=O)CC1(O)CCCCC1. The van der Waals surface area contributed by atoms with Crippen molar-refractivity contribution in [3.63, 3.8) is 0 Å². The van der Waals surface area contributed by atoms with E-state index in [9.17, 15) is 9.90 Å². The minimum absolute atomic E-state index is 0.0882. The molecule has 0 aromatic rings. The molecule has 1 saturated carbocycles. The standard InChI is InChI=1S/C11H20O3/c1-9(2)14-10(12)8-11(13)6-4-3-5-7-11/h9,13H,3-8H2,1-2H3. The van der Waals surface area contributed by atoms with Crippen LogP contribution in [0.3, 0.4) is 0 Å². The van der Waals surface area contributed by atoms with Gasteiger partial charge in [0, 0.05) is 0 Å². The van der Waals surface area contributed by atoms with Crippen molar-refractivity contribution in [1.82, 2.24) is 0 Å². The molecule has 0 aromatic carbocycles. The summed E-state index contributed by atoms with van der Waals surface area (Å²) < 4.78 is 5.02. The predicted octanol–water partition coefficient (Wildman–Crippen LogP) is 2.02. The first kappa shape index (κ1) is 11.5. The second-order valence-corrected chi connectivity index (χ2v) is 4.50. The molecular weight excluding hydrogens is 180 g/mol.